The van der Waals surface area contributed by atoms with Crippen molar-refractivity contribution in [2.45, 2.75) is 6.10 Å². The third kappa shape index (κ3) is 2.56. The van der Waals surface area contributed by atoms with E-state index in [-0.39, 0.29) is 0 Å². The number of halogens is 3. The summed E-state index contributed by atoms with van der Waals surface area (Å²) in [5.41, 5.74) is 1.14. The summed E-state index contributed by atoms with van der Waals surface area (Å²) in [6.07, 6.45) is -0.872. The average molecular weight is 369 g/mol. The molecule has 0 spiro atoms. The summed E-state index contributed by atoms with van der Waals surface area (Å²) in [6, 6.07) is 5.84. The largest absolute Gasteiger partial charge is 0.384 e. The number of benzene rings is 1. The third-order valence-corrected chi connectivity index (χ3v) is 4.31. The van der Waals surface area contributed by atoms with Gasteiger partial charge in [0, 0.05) is 10.6 Å². The third-order valence-electron chi connectivity index (χ3n) is 2.16. The molecule has 2 rings (SSSR count). The van der Waals surface area contributed by atoms with Gasteiger partial charge in [-0.2, -0.15) is 0 Å². The van der Waals surface area contributed by atoms with Gasteiger partial charge in [-0.05, 0) is 57.8 Å². The molecule has 16 heavy (non-hydrogen) atoms. The van der Waals surface area contributed by atoms with Crippen LogP contribution < -0.4 is 0 Å². The number of rotatable bonds is 2. The van der Waals surface area contributed by atoms with Crippen molar-refractivity contribution in [3.63, 3.8) is 0 Å². The Bertz CT molecular complexity index is 514. The van der Waals surface area contributed by atoms with E-state index in [4.69, 9.17) is 11.6 Å². The molecule has 2 aromatic rings. The van der Waals surface area contributed by atoms with E-state index in [0.717, 1.165) is 8.45 Å². The first-order chi connectivity index (χ1) is 7.58. The van der Waals surface area contributed by atoms with Crippen LogP contribution in [0, 0.1) is 8.70 Å². The van der Waals surface area contributed by atoms with Gasteiger partial charge in [0.15, 0.2) is 0 Å². The highest BCUT2D eigenvalue weighted by Gasteiger charge is 2.16. The number of thiophene rings is 1. The Kier molecular flexibility index (Phi) is 3.84. The second kappa shape index (κ2) is 5.00. The minimum absolute atomic E-state index is 0.370. The van der Waals surface area contributed by atoms with Crippen LogP contribution in [0.25, 0.3) is 0 Å². The van der Waals surface area contributed by atoms with Crippen molar-refractivity contribution in [1.29, 1.82) is 0 Å². The van der Waals surface area contributed by atoms with E-state index in [1.165, 1.54) is 29.5 Å². The van der Waals surface area contributed by atoms with Crippen LogP contribution in [0.1, 0.15) is 17.2 Å². The number of aliphatic hydroxyl groups is 1. The molecule has 5 heteroatoms. The van der Waals surface area contributed by atoms with Crippen LogP contribution in [0.15, 0.2) is 29.6 Å². The predicted octanol–water partition coefficient (Wildman–Crippen LogP) is 4.23. The fourth-order valence-electron chi connectivity index (χ4n) is 1.37. The van der Waals surface area contributed by atoms with Gasteiger partial charge in [0.2, 0.25) is 0 Å². The van der Waals surface area contributed by atoms with Gasteiger partial charge in [-0.1, -0.05) is 11.6 Å². The van der Waals surface area contributed by atoms with Crippen LogP contribution in [-0.2, 0) is 0 Å². The van der Waals surface area contributed by atoms with Crippen LogP contribution in [0.5, 0.6) is 0 Å². The molecule has 1 atom stereocenters. The maximum atomic E-state index is 13.1. The van der Waals surface area contributed by atoms with Crippen LogP contribution in [0.4, 0.5) is 4.39 Å². The predicted molar refractivity (Wildman–Crippen MR) is 72.5 cm³/mol. The molecule has 0 bridgehead atoms. The molecule has 1 aromatic heterocycles. The second-order valence-corrected chi connectivity index (χ2v) is 6.47. The molecule has 0 aliphatic heterocycles. The van der Waals surface area contributed by atoms with E-state index in [9.17, 15) is 9.50 Å². The van der Waals surface area contributed by atoms with Gasteiger partial charge in [-0.3, -0.25) is 0 Å². The zero-order chi connectivity index (χ0) is 11.7. The Hall–Kier alpha value is -0.170. The van der Waals surface area contributed by atoms with E-state index in [1.807, 2.05) is 11.4 Å². The molecule has 0 radical (unpaired) electrons. The summed E-state index contributed by atoms with van der Waals surface area (Å²) in [5.74, 6) is -0.400. The molecule has 0 fully saturated rings. The molecule has 0 amide bonds. The summed E-state index contributed by atoms with van der Waals surface area (Å²) < 4.78 is 14.1. The normalized spacial score (nSPS) is 12.8. The van der Waals surface area contributed by atoms with Gasteiger partial charge in [0.1, 0.15) is 11.9 Å². The zero-order valence-electron chi connectivity index (χ0n) is 7.95. The first kappa shape index (κ1) is 12.3. The average Bonchev–Trinajstić information content (AvgIpc) is 2.67. The van der Waals surface area contributed by atoms with E-state index >= 15 is 0 Å². The van der Waals surface area contributed by atoms with Gasteiger partial charge >= 0.3 is 0 Å². The standard InChI is InChI=1S/C11H7ClFIOS/c12-9-2-1-7(13)4-8(9)11(15)6-3-10(14)16-5-6/h1-5,11,15H. The highest BCUT2D eigenvalue weighted by molar-refractivity contribution is 14.1. The van der Waals surface area contributed by atoms with Crippen molar-refractivity contribution < 1.29 is 9.50 Å². The van der Waals surface area contributed by atoms with Crippen LogP contribution in [-0.4, -0.2) is 5.11 Å². The number of aliphatic hydroxyl groups excluding tert-OH is 1. The zero-order valence-corrected chi connectivity index (χ0v) is 11.7. The molecule has 0 saturated heterocycles. The summed E-state index contributed by atoms with van der Waals surface area (Å²) >= 11 is 9.62. The lowest BCUT2D eigenvalue weighted by Gasteiger charge is -2.11. The number of hydrogen-bond donors (Lipinski definition) is 1. The van der Waals surface area contributed by atoms with Crippen LogP contribution in [0.3, 0.4) is 0 Å². The van der Waals surface area contributed by atoms with Gasteiger partial charge in [0.05, 0.1) is 2.88 Å². The molecular formula is C11H7ClFIOS. The monoisotopic (exact) mass is 368 g/mol. The van der Waals surface area contributed by atoms with E-state index < -0.39 is 11.9 Å². The summed E-state index contributed by atoms with van der Waals surface area (Å²) in [4.78, 5) is 0. The molecule has 84 valence electrons. The van der Waals surface area contributed by atoms with Crippen molar-refractivity contribution in [1.82, 2.24) is 0 Å². The Morgan fingerprint density at radius 3 is 2.75 bits per heavy atom. The lowest BCUT2D eigenvalue weighted by Crippen LogP contribution is -1.99. The first-order valence-electron chi connectivity index (χ1n) is 4.45. The lowest BCUT2D eigenvalue weighted by atomic mass is 10.0. The molecule has 1 nitrogen and oxygen atoms in total. The van der Waals surface area contributed by atoms with E-state index in [0.29, 0.717) is 10.6 Å². The lowest BCUT2D eigenvalue weighted by molar-refractivity contribution is 0.220. The van der Waals surface area contributed by atoms with E-state index in [2.05, 4.69) is 22.6 Å². The molecule has 0 saturated carbocycles. The Balaban J connectivity index is 2.40. The molecular weight excluding hydrogens is 362 g/mol. The minimum Gasteiger partial charge on any atom is -0.384 e. The maximum absolute atomic E-state index is 13.1. The topological polar surface area (TPSA) is 20.2 Å². The highest BCUT2D eigenvalue weighted by Crippen LogP contribution is 2.31. The minimum atomic E-state index is -0.872. The second-order valence-electron chi connectivity index (χ2n) is 3.25. The fraction of sp³-hybridized carbons (Fsp3) is 0.0909. The Labute approximate surface area is 115 Å². The molecule has 1 unspecified atom stereocenters. The van der Waals surface area contributed by atoms with Gasteiger partial charge < -0.3 is 5.11 Å². The molecule has 0 aliphatic rings. The van der Waals surface area contributed by atoms with Gasteiger partial charge in [-0.25, -0.2) is 4.39 Å². The van der Waals surface area contributed by atoms with Crippen molar-refractivity contribution in [2.24, 2.45) is 0 Å². The van der Waals surface area contributed by atoms with Gasteiger partial charge in [-0.15, -0.1) is 11.3 Å². The highest BCUT2D eigenvalue weighted by atomic mass is 127. The summed E-state index contributed by atoms with van der Waals surface area (Å²) in [7, 11) is 0. The Morgan fingerprint density at radius 2 is 2.12 bits per heavy atom. The van der Waals surface area contributed by atoms with Crippen molar-refractivity contribution in [3.8, 4) is 0 Å². The van der Waals surface area contributed by atoms with Gasteiger partial charge in [0.25, 0.3) is 0 Å². The fourth-order valence-corrected chi connectivity index (χ4v) is 2.98. The molecule has 1 aromatic carbocycles. The maximum Gasteiger partial charge on any atom is 0.123 e. The molecule has 1 N–H and O–H groups in total. The van der Waals surface area contributed by atoms with E-state index in [1.54, 1.807) is 0 Å². The Morgan fingerprint density at radius 1 is 1.38 bits per heavy atom. The van der Waals surface area contributed by atoms with Crippen LogP contribution in [0.2, 0.25) is 5.02 Å². The van der Waals surface area contributed by atoms with Crippen molar-refractivity contribution in [2.75, 3.05) is 0 Å². The van der Waals surface area contributed by atoms with Crippen molar-refractivity contribution in [3.05, 3.63) is 54.5 Å². The first-order valence-corrected chi connectivity index (χ1v) is 6.78. The quantitative estimate of drug-likeness (QED) is 0.787. The number of hydrogen-bond acceptors (Lipinski definition) is 2. The molecule has 1 heterocycles. The SMILES string of the molecule is OC(c1csc(I)c1)c1cc(F)ccc1Cl. The smallest absolute Gasteiger partial charge is 0.123 e. The van der Waals surface area contributed by atoms with Crippen LogP contribution >= 0.6 is 45.5 Å². The molecule has 0 aliphatic carbocycles. The van der Waals surface area contributed by atoms with Crippen molar-refractivity contribution >= 4 is 45.5 Å². The summed E-state index contributed by atoms with van der Waals surface area (Å²) in [5, 5.41) is 12.3. The summed E-state index contributed by atoms with van der Waals surface area (Å²) in [6.45, 7) is 0.